The minimum Gasteiger partial charge on any atom is -0.310 e. The van der Waals surface area contributed by atoms with Crippen molar-refractivity contribution >= 4 is 17.1 Å². The van der Waals surface area contributed by atoms with E-state index in [0.717, 1.165) is 17.1 Å². The summed E-state index contributed by atoms with van der Waals surface area (Å²) in [6.45, 7) is 4.70. The molecule has 0 N–H and O–H groups in total. The Hall–Kier alpha value is -5.66. The highest BCUT2D eigenvalue weighted by Crippen LogP contribution is 2.52. The second-order valence-electron chi connectivity index (χ2n) is 12.6. The van der Waals surface area contributed by atoms with Crippen LogP contribution < -0.4 is 4.90 Å². The van der Waals surface area contributed by atoms with Crippen LogP contribution in [-0.2, 0) is 5.41 Å². The quantitative estimate of drug-likeness (QED) is 0.186. The lowest BCUT2D eigenvalue weighted by molar-refractivity contribution is 0.660. The lowest BCUT2D eigenvalue weighted by Crippen LogP contribution is -2.17. The molecule has 0 saturated carbocycles. The van der Waals surface area contributed by atoms with E-state index in [2.05, 4.69) is 195 Å². The van der Waals surface area contributed by atoms with Crippen LogP contribution in [0.1, 0.15) is 25.0 Å². The summed E-state index contributed by atoms with van der Waals surface area (Å²) in [7, 11) is 0. The molecule has 1 nitrogen and oxygen atoms in total. The van der Waals surface area contributed by atoms with Crippen LogP contribution in [0.4, 0.5) is 17.1 Å². The lowest BCUT2D eigenvalue weighted by atomic mass is 9.82. The molecule has 0 saturated heterocycles. The molecular formula is C45H35N. The number of anilines is 3. The van der Waals surface area contributed by atoms with Crippen LogP contribution in [0, 0.1) is 0 Å². The van der Waals surface area contributed by atoms with E-state index in [9.17, 15) is 0 Å². The smallest absolute Gasteiger partial charge is 0.0546 e. The van der Waals surface area contributed by atoms with E-state index in [0.29, 0.717) is 0 Å². The predicted molar refractivity (Wildman–Crippen MR) is 195 cm³/mol. The second-order valence-corrected chi connectivity index (χ2v) is 12.6. The molecule has 7 aromatic carbocycles. The molecule has 1 aliphatic rings. The molecule has 46 heavy (non-hydrogen) atoms. The molecule has 1 aliphatic carbocycles. The third-order valence-corrected chi connectivity index (χ3v) is 9.47. The maximum Gasteiger partial charge on any atom is 0.0546 e. The summed E-state index contributed by atoms with van der Waals surface area (Å²) in [5, 5.41) is 0. The van der Waals surface area contributed by atoms with Crippen LogP contribution in [0.25, 0.3) is 44.5 Å². The summed E-state index contributed by atoms with van der Waals surface area (Å²) in [6, 6.07) is 63.8. The largest absolute Gasteiger partial charge is 0.310 e. The highest BCUT2D eigenvalue weighted by Gasteiger charge is 2.36. The van der Waals surface area contributed by atoms with Crippen LogP contribution in [0.2, 0.25) is 0 Å². The number of nitrogens with zero attached hydrogens (tertiary/aromatic N) is 1. The van der Waals surface area contributed by atoms with E-state index in [-0.39, 0.29) is 5.41 Å². The first-order valence-electron chi connectivity index (χ1n) is 16.0. The first kappa shape index (κ1) is 27.9. The molecule has 0 heterocycles. The Morgan fingerprint density at radius 1 is 0.370 bits per heavy atom. The molecule has 7 aromatic rings. The van der Waals surface area contributed by atoms with Gasteiger partial charge in [0.15, 0.2) is 0 Å². The van der Waals surface area contributed by atoms with E-state index >= 15 is 0 Å². The van der Waals surface area contributed by atoms with Gasteiger partial charge in [-0.2, -0.15) is 0 Å². The van der Waals surface area contributed by atoms with Crippen molar-refractivity contribution in [3.05, 3.63) is 187 Å². The molecule has 220 valence electrons. The van der Waals surface area contributed by atoms with Gasteiger partial charge in [-0.3, -0.25) is 0 Å². The monoisotopic (exact) mass is 589 g/mol. The molecule has 1 heteroatoms. The van der Waals surface area contributed by atoms with Gasteiger partial charge in [-0.05, 0) is 86.5 Å². The summed E-state index contributed by atoms with van der Waals surface area (Å²) in [5.41, 5.74) is 15.9. The Kier molecular flexibility index (Phi) is 6.88. The summed E-state index contributed by atoms with van der Waals surface area (Å²) >= 11 is 0. The summed E-state index contributed by atoms with van der Waals surface area (Å²) in [6.07, 6.45) is 0. The fourth-order valence-corrected chi connectivity index (χ4v) is 7.21. The van der Waals surface area contributed by atoms with Gasteiger partial charge in [-0.25, -0.2) is 0 Å². The second kappa shape index (κ2) is 11.4. The third-order valence-electron chi connectivity index (χ3n) is 9.47. The van der Waals surface area contributed by atoms with Crippen molar-refractivity contribution in [2.75, 3.05) is 4.90 Å². The van der Waals surface area contributed by atoms with Crippen molar-refractivity contribution in [3.8, 4) is 44.5 Å². The van der Waals surface area contributed by atoms with E-state index in [1.54, 1.807) is 0 Å². The highest BCUT2D eigenvalue weighted by atomic mass is 15.1. The number of hydrogen-bond acceptors (Lipinski definition) is 1. The molecule has 0 aliphatic heterocycles. The van der Waals surface area contributed by atoms with Crippen LogP contribution in [0.5, 0.6) is 0 Å². The third kappa shape index (κ3) is 4.73. The molecule has 0 aromatic heterocycles. The van der Waals surface area contributed by atoms with Crippen LogP contribution >= 0.6 is 0 Å². The first-order chi connectivity index (χ1) is 22.6. The molecule has 0 spiro atoms. The topological polar surface area (TPSA) is 3.24 Å². The molecule has 0 radical (unpaired) electrons. The Morgan fingerprint density at radius 2 is 0.935 bits per heavy atom. The summed E-state index contributed by atoms with van der Waals surface area (Å²) < 4.78 is 0. The lowest BCUT2D eigenvalue weighted by Gasteiger charge is -2.31. The fourth-order valence-electron chi connectivity index (χ4n) is 7.21. The van der Waals surface area contributed by atoms with Gasteiger partial charge < -0.3 is 4.90 Å². The van der Waals surface area contributed by atoms with Gasteiger partial charge in [0.05, 0.1) is 5.69 Å². The number of para-hydroxylation sites is 1. The Labute approximate surface area is 272 Å². The Balaban J connectivity index is 1.39. The Morgan fingerprint density at radius 3 is 1.70 bits per heavy atom. The summed E-state index contributed by atoms with van der Waals surface area (Å²) in [4.78, 5) is 2.44. The van der Waals surface area contributed by atoms with Gasteiger partial charge in [0.25, 0.3) is 0 Å². The zero-order valence-electron chi connectivity index (χ0n) is 26.2. The van der Waals surface area contributed by atoms with E-state index in [1.165, 1.54) is 55.6 Å². The molecular weight excluding hydrogens is 555 g/mol. The molecule has 8 rings (SSSR count). The predicted octanol–water partition coefficient (Wildman–Crippen LogP) is 12.5. The van der Waals surface area contributed by atoms with E-state index in [4.69, 9.17) is 0 Å². The van der Waals surface area contributed by atoms with E-state index in [1.807, 2.05) is 0 Å². The number of benzene rings is 7. The zero-order chi connectivity index (χ0) is 31.1. The molecule has 0 atom stereocenters. The van der Waals surface area contributed by atoms with Crippen LogP contribution in [0.15, 0.2) is 176 Å². The van der Waals surface area contributed by atoms with Crippen molar-refractivity contribution < 1.29 is 0 Å². The van der Waals surface area contributed by atoms with E-state index < -0.39 is 0 Å². The number of fused-ring (bicyclic) bond motifs is 3. The molecule has 0 bridgehead atoms. The molecule has 0 unspecified atom stereocenters. The number of rotatable bonds is 6. The SMILES string of the molecule is CC1(C)c2ccccc2-c2ccc(N(c3ccccc3)c3cccc(-c4ccccc4)c3-c3cccc(-c4ccccc4)c3)cc21. The van der Waals surface area contributed by atoms with Crippen LogP contribution in [0.3, 0.4) is 0 Å². The minimum absolute atomic E-state index is 0.0942. The van der Waals surface area contributed by atoms with Crippen molar-refractivity contribution in [3.63, 3.8) is 0 Å². The normalized spacial score (nSPS) is 12.7. The highest BCUT2D eigenvalue weighted by molar-refractivity contribution is 5.98. The van der Waals surface area contributed by atoms with Gasteiger partial charge in [0, 0.05) is 22.4 Å². The maximum atomic E-state index is 2.44. The maximum absolute atomic E-state index is 2.44. The fraction of sp³-hybridized carbons (Fsp3) is 0.0667. The minimum atomic E-state index is -0.0942. The van der Waals surface area contributed by atoms with Gasteiger partial charge in [0.2, 0.25) is 0 Å². The van der Waals surface area contributed by atoms with Crippen molar-refractivity contribution in [1.29, 1.82) is 0 Å². The average Bonchev–Trinajstić information content (AvgIpc) is 3.35. The van der Waals surface area contributed by atoms with Crippen LogP contribution in [-0.4, -0.2) is 0 Å². The van der Waals surface area contributed by atoms with Crippen molar-refractivity contribution in [1.82, 2.24) is 0 Å². The van der Waals surface area contributed by atoms with Gasteiger partial charge in [-0.1, -0.05) is 153 Å². The van der Waals surface area contributed by atoms with Crippen molar-refractivity contribution in [2.24, 2.45) is 0 Å². The number of hydrogen-bond donors (Lipinski definition) is 0. The first-order valence-corrected chi connectivity index (χ1v) is 16.0. The average molecular weight is 590 g/mol. The standard InChI is InChI=1S/C45H35N/c1-45(2)41-26-13-12-24-39(41)40-29-28-37(31-42(40)45)46(36-22-10-5-11-23-36)43-27-15-25-38(33-18-8-4-9-19-33)44(43)35-21-14-20-34(30-35)32-16-6-3-7-17-32/h3-31H,1-2H3. The molecule has 0 fully saturated rings. The molecule has 0 amide bonds. The van der Waals surface area contributed by atoms with Gasteiger partial charge >= 0.3 is 0 Å². The van der Waals surface area contributed by atoms with Gasteiger partial charge in [-0.15, -0.1) is 0 Å². The van der Waals surface area contributed by atoms with Gasteiger partial charge in [0.1, 0.15) is 0 Å². The Bertz CT molecular complexity index is 2160. The zero-order valence-corrected chi connectivity index (χ0v) is 26.2. The van der Waals surface area contributed by atoms with Crippen molar-refractivity contribution in [2.45, 2.75) is 19.3 Å². The summed E-state index contributed by atoms with van der Waals surface area (Å²) in [5.74, 6) is 0.